The molecule has 0 fully saturated rings. The van der Waals surface area contributed by atoms with E-state index in [1.165, 1.54) is 0 Å². The molecule has 3 nitrogen and oxygen atoms in total. The van der Waals surface area contributed by atoms with Crippen molar-refractivity contribution in [3.63, 3.8) is 0 Å². The first-order valence-electron chi connectivity index (χ1n) is 4.79. The van der Waals surface area contributed by atoms with Crippen molar-refractivity contribution in [3.05, 3.63) is 12.2 Å². The van der Waals surface area contributed by atoms with Gasteiger partial charge in [-0.25, -0.2) is 4.79 Å². The van der Waals surface area contributed by atoms with Crippen molar-refractivity contribution < 1.29 is 9.53 Å². The standard InChI is InChI=1S/C11H17NO2S/c1-4-7-15-8-6-12-9-10(3)11(13)14-5-2/h1,12H,3,5-9H2,2H3. The molecule has 1 N–H and O–H groups in total. The summed E-state index contributed by atoms with van der Waals surface area (Å²) in [4.78, 5) is 11.1. The fourth-order valence-corrected chi connectivity index (χ4v) is 1.37. The molecule has 15 heavy (non-hydrogen) atoms. The number of esters is 1. The summed E-state index contributed by atoms with van der Waals surface area (Å²) >= 11 is 1.68. The van der Waals surface area contributed by atoms with E-state index >= 15 is 0 Å². The molecule has 0 aliphatic heterocycles. The van der Waals surface area contributed by atoms with E-state index in [1.807, 2.05) is 0 Å². The zero-order valence-corrected chi connectivity index (χ0v) is 9.86. The van der Waals surface area contributed by atoms with Crippen LogP contribution in [-0.4, -0.2) is 37.2 Å². The van der Waals surface area contributed by atoms with Crippen molar-refractivity contribution in [1.82, 2.24) is 5.32 Å². The number of carbonyl (C=O) groups is 1. The number of hydrogen-bond donors (Lipinski definition) is 1. The zero-order chi connectivity index (χ0) is 11.5. The van der Waals surface area contributed by atoms with E-state index in [1.54, 1.807) is 18.7 Å². The lowest BCUT2D eigenvalue weighted by molar-refractivity contribution is -0.138. The van der Waals surface area contributed by atoms with Crippen molar-refractivity contribution in [2.24, 2.45) is 0 Å². The molecule has 0 bridgehead atoms. The van der Waals surface area contributed by atoms with Crippen LogP contribution in [0, 0.1) is 12.3 Å². The molecular formula is C11H17NO2S. The van der Waals surface area contributed by atoms with Crippen molar-refractivity contribution in [1.29, 1.82) is 0 Å². The van der Waals surface area contributed by atoms with E-state index in [0.717, 1.165) is 18.1 Å². The number of thioether (sulfide) groups is 1. The average molecular weight is 227 g/mol. The van der Waals surface area contributed by atoms with Crippen LogP contribution in [0.5, 0.6) is 0 Å². The van der Waals surface area contributed by atoms with E-state index in [-0.39, 0.29) is 5.97 Å². The lowest BCUT2D eigenvalue weighted by Gasteiger charge is -2.06. The van der Waals surface area contributed by atoms with Gasteiger partial charge in [-0.15, -0.1) is 18.2 Å². The van der Waals surface area contributed by atoms with E-state index in [2.05, 4.69) is 17.8 Å². The van der Waals surface area contributed by atoms with Crippen LogP contribution in [0.2, 0.25) is 0 Å². The lowest BCUT2D eigenvalue weighted by atomic mass is 10.3. The Kier molecular flexibility index (Phi) is 9.04. The minimum atomic E-state index is -0.332. The summed E-state index contributed by atoms with van der Waals surface area (Å²) in [5.41, 5.74) is 0.457. The van der Waals surface area contributed by atoms with Gasteiger partial charge in [0.15, 0.2) is 0 Å². The molecule has 0 spiro atoms. The van der Waals surface area contributed by atoms with Gasteiger partial charge in [-0.05, 0) is 6.92 Å². The first-order chi connectivity index (χ1) is 7.22. The van der Waals surface area contributed by atoms with Crippen molar-refractivity contribution >= 4 is 17.7 Å². The molecule has 0 aromatic rings. The monoisotopic (exact) mass is 227 g/mol. The van der Waals surface area contributed by atoms with Crippen molar-refractivity contribution in [2.45, 2.75) is 6.92 Å². The van der Waals surface area contributed by atoms with E-state index < -0.39 is 0 Å². The fraction of sp³-hybridized carbons (Fsp3) is 0.545. The molecule has 0 aromatic carbocycles. The Labute approximate surface area is 95.6 Å². The molecule has 0 saturated heterocycles. The Morgan fingerprint density at radius 2 is 2.40 bits per heavy atom. The number of terminal acetylenes is 1. The minimum Gasteiger partial charge on any atom is -0.463 e. The topological polar surface area (TPSA) is 38.3 Å². The van der Waals surface area contributed by atoms with Gasteiger partial charge in [0.05, 0.1) is 12.4 Å². The summed E-state index contributed by atoms with van der Waals surface area (Å²) in [5, 5.41) is 3.09. The van der Waals surface area contributed by atoms with Gasteiger partial charge < -0.3 is 10.1 Å². The lowest BCUT2D eigenvalue weighted by Crippen LogP contribution is -2.23. The van der Waals surface area contributed by atoms with Gasteiger partial charge in [0.2, 0.25) is 0 Å². The summed E-state index contributed by atoms with van der Waals surface area (Å²) in [6.07, 6.45) is 5.10. The molecule has 0 atom stereocenters. The first kappa shape index (κ1) is 14.1. The highest BCUT2D eigenvalue weighted by molar-refractivity contribution is 7.99. The van der Waals surface area contributed by atoms with Crippen molar-refractivity contribution in [3.8, 4) is 12.3 Å². The zero-order valence-electron chi connectivity index (χ0n) is 9.04. The SMILES string of the molecule is C#CCSCCNCC(=C)C(=O)OCC. The first-order valence-corrected chi connectivity index (χ1v) is 5.94. The third-order valence-corrected chi connectivity index (χ3v) is 2.37. The maximum atomic E-state index is 11.1. The molecule has 84 valence electrons. The van der Waals surface area contributed by atoms with Crippen LogP contribution < -0.4 is 5.32 Å². The predicted molar refractivity (Wildman–Crippen MR) is 64.8 cm³/mol. The molecule has 0 amide bonds. The highest BCUT2D eigenvalue weighted by Gasteiger charge is 2.05. The summed E-state index contributed by atoms with van der Waals surface area (Å²) in [6, 6.07) is 0. The average Bonchev–Trinajstić information content (AvgIpc) is 2.23. The second-order valence-corrected chi connectivity index (χ2v) is 3.86. The highest BCUT2D eigenvalue weighted by Crippen LogP contribution is 1.96. The Balaban J connectivity index is 3.39. The molecule has 0 aromatic heterocycles. The Hall–Kier alpha value is -0.920. The van der Waals surface area contributed by atoms with Crippen LogP contribution in [-0.2, 0) is 9.53 Å². The van der Waals surface area contributed by atoms with Crippen LogP contribution in [0.15, 0.2) is 12.2 Å². The Morgan fingerprint density at radius 3 is 3.00 bits per heavy atom. The van der Waals surface area contributed by atoms with Gasteiger partial charge in [0, 0.05) is 24.4 Å². The molecular weight excluding hydrogens is 210 g/mol. The van der Waals surface area contributed by atoms with Gasteiger partial charge in [-0.3, -0.25) is 0 Å². The number of ether oxygens (including phenoxy) is 1. The van der Waals surface area contributed by atoms with Crippen LogP contribution in [0.3, 0.4) is 0 Å². The summed E-state index contributed by atoms with van der Waals surface area (Å²) in [5.74, 6) is 3.87. The predicted octanol–water partition coefficient (Wildman–Crippen LogP) is 1.06. The molecule has 0 rings (SSSR count). The maximum absolute atomic E-state index is 11.1. The summed E-state index contributed by atoms with van der Waals surface area (Å²) < 4.78 is 4.79. The van der Waals surface area contributed by atoms with Crippen LogP contribution in [0.4, 0.5) is 0 Å². The van der Waals surface area contributed by atoms with Gasteiger partial charge in [0.1, 0.15) is 0 Å². The normalized spacial score (nSPS) is 9.33. The second kappa shape index (κ2) is 9.63. The second-order valence-electron chi connectivity index (χ2n) is 2.76. The van der Waals surface area contributed by atoms with Gasteiger partial charge >= 0.3 is 5.97 Å². The maximum Gasteiger partial charge on any atom is 0.334 e. The number of hydrogen-bond acceptors (Lipinski definition) is 4. The molecule has 0 aliphatic carbocycles. The van der Waals surface area contributed by atoms with E-state index in [9.17, 15) is 4.79 Å². The molecule has 4 heteroatoms. The van der Waals surface area contributed by atoms with Crippen LogP contribution >= 0.6 is 11.8 Å². The Bertz CT molecular complexity index is 245. The highest BCUT2D eigenvalue weighted by atomic mass is 32.2. The number of carbonyl (C=O) groups excluding carboxylic acids is 1. The summed E-state index contributed by atoms with van der Waals surface area (Å²) in [6.45, 7) is 7.07. The third-order valence-electron chi connectivity index (χ3n) is 1.51. The third kappa shape index (κ3) is 8.10. The quantitative estimate of drug-likeness (QED) is 0.291. The molecule has 0 heterocycles. The van der Waals surface area contributed by atoms with Gasteiger partial charge in [-0.1, -0.05) is 12.5 Å². The number of nitrogens with one attached hydrogen (secondary N) is 1. The van der Waals surface area contributed by atoms with Crippen LogP contribution in [0.1, 0.15) is 6.92 Å². The largest absolute Gasteiger partial charge is 0.463 e. The molecule has 0 saturated carbocycles. The molecule has 0 aliphatic rings. The van der Waals surface area contributed by atoms with Crippen LogP contribution in [0.25, 0.3) is 0 Å². The summed E-state index contributed by atoms with van der Waals surface area (Å²) in [7, 11) is 0. The van der Waals surface area contributed by atoms with Gasteiger partial charge in [-0.2, -0.15) is 0 Å². The number of rotatable bonds is 8. The minimum absolute atomic E-state index is 0.332. The van der Waals surface area contributed by atoms with E-state index in [0.29, 0.717) is 18.7 Å². The molecule has 0 unspecified atom stereocenters. The van der Waals surface area contributed by atoms with E-state index in [4.69, 9.17) is 11.2 Å². The van der Waals surface area contributed by atoms with Gasteiger partial charge in [0.25, 0.3) is 0 Å². The molecule has 0 radical (unpaired) electrons. The van der Waals surface area contributed by atoms with Crippen molar-refractivity contribution in [2.75, 3.05) is 31.2 Å². The Morgan fingerprint density at radius 1 is 1.67 bits per heavy atom. The fourth-order valence-electron chi connectivity index (χ4n) is 0.820. The smallest absolute Gasteiger partial charge is 0.334 e.